The van der Waals surface area contributed by atoms with Crippen molar-refractivity contribution >= 4 is 47.0 Å². The zero-order valence-corrected chi connectivity index (χ0v) is 33.2. The number of ether oxygens (including phenoxy) is 2. The van der Waals surface area contributed by atoms with Crippen LogP contribution >= 0.6 is 11.6 Å². The van der Waals surface area contributed by atoms with Crippen LogP contribution in [-0.4, -0.2) is 164 Å². The predicted molar refractivity (Wildman–Crippen MR) is 208 cm³/mol. The molecule has 18 heteroatoms. The van der Waals surface area contributed by atoms with Crippen LogP contribution in [-0.2, 0) is 38.1 Å². The quantitative estimate of drug-likeness (QED) is 0.184. The van der Waals surface area contributed by atoms with Crippen LogP contribution in [0, 0.1) is 0 Å². The number of likely N-dealkylation sites (tertiary alicyclic amines) is 2. The van der Waals surface area contributed by atoms with Gasteiger partial charge in [-0.25, -0.2) is 9.59 Å². The Morgan fingerprint density at radius 2 is 1.68 bits per heavy atom. The highest BCUT2D eigenvalue weighted by atomic mass is 35.5. The molecule has 3 fully saturated rings. The highest BCUT2D eigenvalue weighted by Gasteiger charge is 2.39. The monoisotopic (exact) mass is 820 g/mol. The summed E-state index contributed by atoms with van der Waals surface area (Å²) < 4.78 is 52.8. The number of nitrogen functional groups attached to an aromatic ring is 1. The Balaban J connectivity index is 1.05. The SMILES string of the molecule is CN(C)CCCOC(=O)CN1CC(N2CCN(C(=O)[C@@H](Cc3cc(Cl)c(N)c(C(F)(F)F)c3)OC(=O)N3CCC(N4CCc5ccccc5NC4=O)CC3)CC2)C1. The molecule has 0 aliphatic carbocycles. The number of hydrogen-bond donors (Lipinski definition) is 2. The van der Waals surface area contributed by atoms with Gasteiger partial charge in [-0.15, -0.1) is 0 Å². The van der Waals surface area contributed by atoms with Crippen molar-refractivity contribution in [2.45, 2.75) is 56.5 Å². The van der Waals surface area contributed by atoms with Gasteiger partial charge >= 0.3 is 24.3 Å². The largest absolute Gasteiger partial charge is 0.465 e. The molecular formula is C39H52ClF3N8O6. The Kier molecular flexibility index (Phi) is 13.7. The minimum absolute atomic E-state index is 0.0453. The molecule has 4 amide bonds. The van der Waals surface area contributed by atoms with Gasteiger partial charge in [-0.1, -0.05) is 29.8 Å². The summed E-state index contributed by atoms with van der Waals surface area (Å²) in [6.45, 7) is 5.57. The van der Waals surface area contributed by atoms with Crippen molar-refractivity contribution in [1.82, 2.24) is 29.4 Å². The van der Waals surface area contributed by atoms with Gasteiger partial charge in [-0.2, -0.15) is 13.2 Å². The van der Waals surface area contributed by atoms with Gasteiger partial charge in [0.1, 0.15) is 0 Å². The minimum Gasteiger partial charge on any atom is -0.465 e. The van der Waals surface area contributed by atoms with Crippen LogP contribution in [0.2, 0.25) is 5.02 Å². The summed E-state index contributed by atoms with van der Waals surface area (Å²) in [5.41, 5.74) is 5.78. The van der Waals surface area contributed by atoms with Crippen molar-refractivity contribution in [1.29, 1.82) is 0 Å². The Morgan fingerprint density at radius 3 is 2.37 bits per heavy atom. The lowest BCUT2D eigenvalue weighted by molar-refractivity contribution is -0.148. The highest BCUT2D eigenvalue weighted by molar-refractivity contribution is 6.33. The molecule has 312 valence electrons. The molecule has 0 bridgehead atoms. The van der Waals surface area contributed by atoms with Crippen molar-refractivity contribution in [3.8, 4) is 0 Å². The summed E-state index contributed by atoms with van der Waals surface area (Å²) in [4.78, 5) is 64.2. The molecule has 0 spiro atoms. The minimum atomic E-state index is -4.79. The summed E-state index contributed by atoms with van der Waals surface area (Å²) in [5, 5.41) is 2.66. The summed E-state index contributed by atoms with van der Waals surface area (Å²) in [6.07, 6.45) is -4.91. The van der Waals surface area contributed by atoms with Gasteiger partial charge in [0.15, 0.2) is 6.10 Å². The molecule has 0 unspecified atom stereocenters. The molecule has 4 heterocycles. The van der Waals surface area contributed by atoms with Crippen LogP contribution in [0.15, 0.2) is 36.4 Å². The zero-order chi connectivity index (χ0) is 40.9. The van der Waals surface area contributed by atoms with E-state index in [1.54, 1.807) is 9.80 Å². The molecule has 2 aromatic carbocycles. The summed E-state index contributed by atoms with van der Waals surface area (Å²) in [6, 6.07) is 9.63. The first-order chi connectivity index (χ1) is 27.2. The third-order valence-corrected chi connectivity index (χ3v) is 11.5. The van der Waals surface area contributed by atoms with Gasteiger partial charge in [0.25, 0.3) is 5.91 Å². The maximum absolute atomic E-state index is 14.1. The number of rotatable bonds is 12. The number of para-hydroxylation sites is 1. The lowest BCUT2D eigenvalue weighted by atomic mass is 10.0. The fourth-order valence-corrected chi connectivity index (χ4v) is 8.16. The number of anilines is 2. The Hall–Kier alpha value is -4.32. The van der Waals surface area contributed by atoms with Crippen molar-refractivity contribution < 1.29 is 41.8 Å². The molecular weight excluding hydrogens is 769 g/mol. The highest BCUT2D eigenvalue weighted by Crippen LogP contribution is 2.38. The van der Waals surface area contributed by atoms with E-state index in [0.717, 1.165) is 30.3 Å². The van der Waals surface area contributed by atoms with E-state index in [-0.39, 0.29) is 60.7 Å². The van der Waals surface area contributed by atoms with Gasteiger partial charge in [0.2, 0.25) is 0 Å². The number of alkyl halides is 3. The molecule has 3 N–H and O–H groups in total. The molecule has 6 rings (SSSR count). The maximum Gasteiger partial charge on any atom is 0.418 e. The molecule has 4 aliphatic heterocycles. The normalized spacial score (nSPS) is 19.4. The number of hydrogen-bond acceptors (Lipinski definition) is 10. The number of nitrogens with zero attached hydrogens (tertiary/aromatic N) is 6. The number of carbonyl (C=O) groups excluding carboxylic acids is 4. The number of esters is 1. The number of piperidine rings is 1. The Labute approximate surface area is 335 Å². The number of nitrogens with two attached hydrogens (primary N) is 1. The van der Waals surface area contributed by atoms with Crippen LogP contribution in [0.1, 0.15) is 36.0 Å². The second kappa shape index (κ2) is 18.5. The topological polar surface area (TPSA) is 144 Å². The molecule has 0 aromatic heterocycles. The third-order valence-electron chi connectivity index (χ3n) is 11.2. The maximum atomic E-state index is 14.1. The van der Waals surface area contributed by atoms with Gasteiger partial charge in [-0.3, -0.25) is 19.4 Å². The third kappa shape index (κ3) is 10.8. The fraction of sp³-hybridized carbons (Fsp3) is 0.590. The summed E-state index contributed by atoms with van der Waals surface area (Å²) in [7, 11) is 3.93. The number of piperazine rings is 1. The van der Waals surface area contributed by atoms with E-state index in [1.807, 2.05) is 48.2 Å². The zero-order valence-electron chi connectivity index (χ0n) is 32.4. The smallest absolute Gasteiger partial charge is 0.418 e. The molecule has 57 heavy (non-hydrogen) atoms. The first-order valence-corrected chi connectivity index (χ1v) is 19.9. The summed E-state index contributed by atoms with van der Waals surface area (Å²) in [5.74, 6) is -0.777. The number of amides is 4. The van der Waals surface area contributed by atoms with Gasteiger partial charge in [-0.05, 0) is 69.1 Å². The van der Waals surface area contributed by atoms with E-state index in [4.69, 9.17) is 26.8 Å². The standard InChI is InChI=1S/C39H52ClF3N8O6/c1-46(2)11-5-19-56-34(52)25-47-23-29(24-47)48-15-17-49(18-16-48)36(53)33(22-26-20-30(39(41,42)43)35(44)31(40)21-26)57-38(55)50-12-9-28(10-13-50)51-14-8-27-6-3-4-7-32(27)45-37(51)54/h3-4,6-7,20-21,28-29,33H,5,8-19,22-25,44H2,1-2H3,(H,45,54)/t33-/m1/s1. The predicted octanol–water partition coefficient (Wildman–Crippen LogP) is 3.87. The lowest BCUT2D eigenvalue weighted by Crippen LogP contribution is -2.64. The second-order valence-electron chi connectivity index (χ2n) is 15.4. The first-order valence-electron chi connectivity index (χ1n) is 19.5. The number of carbonyl (C=O) groups is 4. The Morgan fingerprint density at radius 1 is 0.982 bits per heavy atom. The average molecular weight is 821 g/mol. The second-order valence-corrected chi connectivity index (χ2v) is 15.9. The van der Waals surface area contributed by atoms with Crippen molar-refractivity contribution in [2.24, 2.45) is 0 Å². The molecule has 1 atom stereocenters. The number of urea groups is 1. The lowest BCUT2D eigenvalue weighted by Gasteiger charge is -2.48. The van der Waals surface area contributed by atoms with Gasteiger partial charge in [0.05, 0.1) is 29.4 Å². The molecule has 0 radical (unpaired) electrons. The average Bonchev–Trinajstić information content (AvgIpc) is 3.33. The van der Waals surface area contributed by atoms with E-state index < -0.39 is 35.5 Å². The van der Waals surface area contributed by atoms with Gasteiger partial charge in [0, 0.05) is 89.6 Å². The van der Waals surface area contributed by atoms with Crippen molar-refractivity contribution in [3.05, 3.63) is 58.1 Å². The molecule has 2 aromatic rings. The van der Waals surface area contributed by atoms with Crippen molar-refractivity contribution in [3.63, 3.8) is 0 Å². The van der Waals surface area contributed by atoms with Crippen LogP contribution in [0.25, 0.3) is 0 Å². The van der Waals surface area contributed by atoms with E-state index in [0.29, 0.717) is 71.7 Å². The number of halogens is 4. The van der Waals surface area contributed by atoms with E-state index >= 15 is 0 Å². The van der Waals surface area contributed by atoms with E-state index in [1.165, 1.54) is 11.0 Å². The Bertz CT molecular complexity index is 1760. The van der Waals surface area contributed by atoms with Crippen LogP contribution in [0.5, 0.6) is 0 Å². The molecule has 4 aliphatic rings. The van der Waals surface area contributed by atoms with E-state index in [9.17, 15) is 32.3 Å². The number of fused-ring (bicyclic) bond motifs is 1. The number of benzene rings is 2. The first kappa shape index (κ1) is 42.3. The van der Waals surface area contributed by atoms with Crippen molar-refractivity contribution in [2.75, 3.05) is 104 Å². The molecule has 14 nitrogen and oxygen atoms in total. The van der Waals surface area contributed by atoms with Gasteiger partial charge < -0.3 is 40.1 Å². The summed E-state index contributed by atoms with van der Waals surface area (Å²) >= 11 is 6.13. The molecule has 3 saturated heterocycles. The fourth-order valence-electron chi connectivity index (χ4n) is 7.92. The van der Waals surface area contributed by atoms with Crippen LogP contribution in [0.3, 0.4) is 0 Å². The molecule has 0 saturated carbocycles. The number of nitrogens with one attached hydrogen (secondary N) is 1. The van der Waals surface area contributed by atoms with Crippen LogP contribution < -0.4 is 11.1 Å². The van der Waals surface area contributed by atoms with Crippen LogP contribution in [0.4, 0.5) is 34.1 Å². The van der Waals surface area contributed by atoms with E-state index in [2.05, 4.69) is 10.2 Å².